The summed E-state index contributed by atoms with van der Waals surface area (Å²) in [6.45, 7) is 0.524. The molecule has 4 rings (SSSR count). The van der Waals surface area contributed by atoms with E-state index in [0.717, 1.165) is 12.8 Å². The summed E-state index contributed by atoms with van der Waals surface area (Å²) in [5, 5.41) is 2.66. The van der Waals surface area contributed by atoms with E-state index in [1.54, 1.807) is 6.07 Å². The van der Waals surface area contributed by atoms with E-state index in [1.165, 1.54) is 35.7 Å². The van der Waals surface area contributed by atoms with Gasteiger partial charge in [-0.25, -0.2) is 8.42 Å². The van der Waals surface area contributed by atoms with Gasteiger partial charge in [0, 0.05) is 38.2 Å². The number of hydrogen-bond donors (Lipinski definition) is 1. The molecule has 1 saturated heterocycles. The maximum absolute atomic E-state index is 13.1. The molecule has 164 valence electrons. The Bertz CT molecular complexity index is 919. The summed E-state index contributed by atoms with van der Waals surface area (Å²) < 4.78 is 33.0. The van der Waals surface area contributed by atoms with Crippen LogP contribution in [-0.4, -0.2) is 62.2 Å². The van der Waals surface area contributed by atoms with Crippen molar-refractivity contribution < 1.29 is 22.7 Å². The predicted molar refractivity (Wildman–Crippen MR) is 112 cm³/mol. The summed E-state index contributed by atoms with van der Waals surface area (Å²) >= 11 is 0. The Hall–Kier alpha value is -2.13. The van der Waals surface area contributed by atoms with E-state index in [4.69, 9.17) is 4.74 Å². The minimum Gasteiger partial charge on any atom is -0.482 e. The molecule has 1 N–H and O–H groups in total. The van der Waals surface area contributed by atoms with Crippen molar-refractivity contribution in [2.45, 2.75) is 55.9 Å². The molecule has 8 nitrogen and oxygen atoms in total. The molecule has 9 heteroatoms. The van der Waals surface area contributed by atoms with Gasteiger partial charge in [0.25, 0.3) is 5.91 Å². The van der Waals surface area contributed by atoms with Gasteiger partial charge in [-0.3, -0.25) is 9.59 Å². The molecule has 0 aromatic heterocycles. The Morgan fingerprint density at radius 3 is 2.53 bits per heavy atom. The number of piperidine rings is 1. The van der Waals surface area contributed by atoms with E-state index in [0.29, 0.717) is 43.4 Å². The van der Waals surface area contributed by atoms with E-state index in [-0.39, 0.29) is 29.2 Å². The van der Waals surface area contributed by atoms with Crippen molar-refractivity contribution in [1.82, 2.24) is 9.21 Å². The predicted octanol–water partition coefficient (Wildman–Crippen LogP) is 2.21. The van der Waals surface area contributed by atoms with Crippen molar-refractivity contribution in [2.24, 2.45) is 5.92 Å². The number of carbonyl (C=O) groups is 2. The molecule has 2 fully saturated rings. The van der Waals surface area contributed by atoms with E-state index in [9.17, 15) is 18.0 Å². The first-order chi connectivity index (χ1) is 14.4. The second-order valence-corrected chi connectivity index (χ2v) is 10.4. The maximum atomic E-state index is 13.1. The summed E-state index contributed by atoms with van der Waals surface area (Å²) in [5.74, 6) is 0.125. The number of amides is 2. The summed E-state index contributed by atoms with van der Waals surface area (Å²) in [6, 6.07) is 4.81. The molecule has 1 aliphatic carbocycles. The largest absolute Gasteiger partial charge is 0.482 e. The first-order valence-corrected chi connectivity index (χ1v) is 12.1. The van der Waals surface area contributed by atoms with Crippen LogP contribution in [0.1, 0.15) is 44.9 Å². The summed E-state index contributed by atoms with van der Waals surface area (Å²) in [4.78, 5) is 26.4. The monoisotopic (exact) mass is 435 g/mol. The first kappa shape index (κ1) is 21.1. The van der Waals surface area contributed by atoms with Crippen molar-refractivity contribution >= 4 is 27.5 Å². The molecule has 0 bridgehead atoms. The zero-order chi connectivity index (χ0) is 21.3. The van der Waals surface area contributed by atoms with Crippen LogP contribution < -0.4 is 10.1 Å². The van der Waals surface area contributed by atoms with Gasteiger partial charge in [-0.15, -0.1) is 0 Å². The molecule has 2 heterocycles. The molecule has 0 spiro atoms. The molecule has 0 atom stereocenters. The quantitative estimate of drug-likeness (QED) is 0.782. The molecule has 1 aromatic rings. The number of carbonyl (C=O) groups excluding carboxylic acids is 2. The van der Waals surface area contributed by atoms with Crippen LogP contribution in [0.5, 0.6) is 5.75 Å². The molecule has 0 radical (unpaired) electrons. The zero-order valence-corrected chi connectivity index (χ0v) is 18.1. The Kier molecular flexibility index (Phi) is 6.02. The van der Waals surface area contributed by atoms with Gasteiger partial charge in [0.2, 0.25) is 15.9 Å². The topological polar surface area (TPSA) is 96.0 Å². The summed E-state index contributed by atoms with van der Waals surface area (Å²) in [7, 11) is -1.79. The molecule has 2 amide bonds. The number of nitrogens with zero attached hydrogens (tertiary/aromatic N) is 2. The van der Waals surface area contributed by atoms with E-state index < -0.39 is 10.0 Å². The van der Waals surface area contributed by atoms with Crippen molar-refractivity contribution in [2.75, 3.05) is 32.1 Å². The summed E-state index contributed by atoms with van der Waals surface area (Å²) in [5.41, 5.74) is 0.472. The molecular formula is C21H29N3O5S. The lowest BCUT2D eigenvalue weighted by molar-refractivity contribution is -0.138. The highest BCUT2D eigenvalue weighted by Crippen LogP contribution is 2.33. The first-order valence-electron chi connectivity index (χ1n) is 10.7. The van der Waals surface area contributed by atoms with Crippen LogP contribution in [0.4, 0.5) is 5.69 Å². The van der Waals surface area contributed by atoms with Gasteiger partial charge in [0.1, 0.15) is 5.75 Å². The highest BCUT2D eigenvalue weighted by Gasteiger charge is 2.35. The highest BCUT2D eigenvalue weighted by molar-refractivity contribution is 7.89. The SMILES string of the molecule is CN(C(=O)C1CCN(S(=O)(=O)c2ccc3c(c2)OCC(=O)N3)CC1)C1CCCCC1. The van der Waals surface area contributed by atoms with Gasteiger partial charge in [0.05, 0.1) is 10.6 Å². The molecule has 2 aliphatic heterocycles. The minimum absolute atomic E-state index is 0.120. The number of nitrogens with one attached hydrogen (secondary N) is 1. The lowest BCUT2D eigenvalue weighted by atomic mass is 9.91. The van der Waals surface area contributed by atoms with Crippen LogP contribution in [0.3, 0.4) is 0 Å². The smallest absolute Gasteiger partial charge is 0.262 e. The Morgan fingerprint density at radius 2 is 1.83 bits per heavy atom. The number of benzene rings is 1. The normalized spacial score (nSPS) is 21.4. The lowest BCUT2D eigenvalue weighted by Gasteiger charge is -2.36. The highest BCUT2D eigenvalue weighted by atomic mass is 32.2. The maximum Gasteiger partial charge on any atom is 0.262 e. The molecular weight excluding hydrogens is 406 g/mol. The molecule has 3 aliphatic rings. The van der Waals surface area contributed by atoms with Crippen LogP contribution >= 0.6 is 0 Å². The molecule has 1 saturated carbocycles. The van der Waals surface area contributed by atoms with Crippen LogP contribution in [0.2, 0.25) is 0 Å². The number of rotatable bonds is 4. The fraction of sp³-hybridized carbons (Fsp3) is 0.619. The van der Waals surface area contributed by atoms with Gasteiger partial charge in [-0.2, -0.15) is 4.31 Å². The van der Waals surface area contributed by atoms with Gasteiger partial charge >= 0.3 is 0 Å². The molecule has 1 aromatic carbocycles. The third-order valence-corrected chi connectivity index (χ3v) is 8.39. The van der Waals surface area contributed by atoms with Gasteiger partial charge in [-0.1, -0.05) is 19.3 Å². The van der Waals surface area contributed by atoms with Crippen LogP contribution in [0.15, 0.2) is 23.1 Å². The fourth-order valence-electron chi connectivity index (χ4n) is 4.64. The van der Waals surface area contributed by atoms with Gasteiger partial charge in [-0.05, 0) is 37.8 Å². The average molecular weight is 436 g/mol. The van der Waals surface area contributed by atoms with Crippen LogP contribution in [0.25, 0.3) is 0 Å². The van der Waals surface area contributed by atoms with Crippen LogP contribution in [-0.2, 0) is 19.6 Å². The Labute approximate surface area is 177 Å². The minimum atomic E-state index is -3.68. The second kappa shape index (κ2) is 8.55. The Balaban J connectivity index is 1.39. The number of anilines is 1. The van der Waals surface area contributed by atoms with Crippen molar-refractivity contribution in [3.05, 3.63) is 18.2 Å². The number of fused-ring (bicyclic) bond motifs is 1. The average Bonchev–Trinajstić information content (AvgIpc) is 2.78. The van der Waals surface area contributed by atoms with Crippen molar-refractivity contribution in [1.29, 1.82) is 0 Å². The molecule has 0 unspecified atom stereocenters. The number of ether oxygens (including phenoxy) is 1. The Morgan fingerprint density at radius 1 is 1.13 bits per heavy atom. The molecule has 30 heavy (non-hydrogen) atoms. The standard InChI is InChI=1S/C21H29N3O5S/c1-23(16-5-3-2-4-6-16)21(26)15-9-11-24(12-10-15)30(27,28)17-7-8-18-19(13-17)29-14-20(25)22-18/h7-8,13,15-16H,2-6,9-12,14H2,1H3,(H,22,25). The summed E-state index contributed by atoms with van der Waals surface area (Å²) in [6.07, 6.45) is 6.79. The third-order valence-electron chi connectivity index (χ3n) is 6.50. The second-order valence-electron chi connectivity index (χ2n) is 8.41. The van der Waals surface area contributed by atoms with Crippen LogP contribution in [0, 0.1) is 5.92 Å². The van der Waals surface area contributed by atoms with E-state index >= 15 is 0 Å². The van der Waals surface area contributed by atoms with E-state index in [1.807, 2.05) is 11.9 Å². The van der Waals surface area contributed by atoms with E-state index in [2.05, 4.69) is 5.32 Å². The fourth-order valence-corrected chi connectivity index (χ4v) is 6.13. The van der Waals surface area contributed by atoms with Gasteiger partial charge in [0.15, 0.2) is 6.61 Å². The number of sulfonamides is 1. The number of hydrogen-bond acceptors (Lipinski definition) is 5. The van der Waals surface area contributed by atoms with Crippen molar-refractivity contribution in [3.63, 3.8) is 0 Å². The van der Waals surface area contributed by atoms with Gasteiger partial charge < -0.3 is 15.0 Å². The lowest BCUT2D eigenvalue weighted by Crippen LogP contribution is -2.46. The zero-order valence-electron chi connectivity index (χ0n) is 17.3. The third kappa shape index (κ3) is 4.18. The van der Waals surface area contributed by atoms with Crippen molar-refractivity contribution in [3.8, 4) is 5.75 Å².